The van der Waals surface area contributed by atoms with Gasteiger partial charge in [-0.25, -0.2) is 0 Å². The molecule has 3 heterocycles. The molecule has 1 N–H and O–H groups in total. The molecule has 0 spiro atoms. The zero-order valence-corrected chi connectivity index (χ0v) is 11.7. The topological polar surface area (TPSA) is 45.6 Å². The van der Waals surface area contributed by atoms with E-state index in [1.54, 1.807) is 12.4 Å². The van der Waals surface area contributed by atoms with E-state index in [1.807, 2.05) is 19.9 Å². The molecule has 1 aromatic heterocycles. The average molecular weight is 262 g/mol. The summed E-state index contributed by atoms with van der Waals surface area (Å²) >= 11 is 0. The van der Waals surface area contributed by atoms with Crippen molar-refractivity contribution in [2.75, 3.05) is 19.6 Å². The highest BCUT2D eigenvalue weighted by atomic mass is 16.5. The fourth-order valence-electron chi connectivity index (χ4n) is 3.33. The lowest BCUT2D eigenvalue weighted by atomic mass is 9.77. The van der Waals surface area contributed by atoms with Gasteiger partial charge in [-0.15, -0.1) is 0 Å². The van der Waals surface area contributed by atoms with Crippen LogP contribution in [0.25, 0.3) is 0 Å². The van der Waals surface area contributed by atoms with Crippen molar-refractivity contribution in [2.24, 2.45) is 5.92 Å². The Kier molecular flexibility index (Phi) is 3.23. The van der Waals surface area contributed by atoms with Crippen molar-refractivity contribution in [1.82, 2.24) is 9.88 Å². The number of fused-ring (bicyclic) bond motifs is 2. The lowest BCUT2D eigenvalue weighted by Gasteiger charge is -2.39. The van der Waals surface area contributed by atoms with Gasteiger partial charge in [0, 0.05) is 30.8 Å². The van der Waals surface area contributed by atoms with E-state index in [4.69, 9.17) is 4.74 Å². The van der Waals surface area contributed by atoms with Crippen molar-refractivity contribution in [3.63, 3.8) is 0 Å². The number of nitrogens with zero attached hydrogens (tertiary/aromatic N) is 2. The molecule has 3 rings (SSSR count). The number of aromatic nitrogens is 1. The van der Waals surface area contributed by atoms with Crippen LogP contribution in [0, 0.1) is 5.92 Å². The summed E-state index contributed by atoms with van der Waals surface area (Å²) in [6.45, 7) is 7.09. The van der Waals surface area contributed by atoms with E-state index < -0.39 is 5.60 Å². The molecule has 2 aliphatic rings. The Labute approximate surface area is 114 Å². The molecule has 2 saturated heterocycles. The van der Waals surface area contributed by atoms with Crippen LogP contribution in [0.5, 0.6) is 5.75 Å². The maximum absolute atomic E-state index is 11.1. The van der Waals surface area contributed by atoms with Crippen LogP contribution in [-0.2, 0) is 5.60 Å². The minimum Gasteiger partial charge on any atom is -0.489 e. The Balaban J connectivity index is 1.88. The van der Waals surface area contributed by atoms with Gasteiger partial charge in [0.05, 0.1) is 17.9 Å². The molecule has 3 unspecified atom stereocenters. The monoisotopic (exact) mass is 262 g/mol. The third-order valence-corrected chi connectivity index (χ3v) is 4.34. The number of pyridine rings is 1. The smallest absolute Gasteiger partial charge is 0.138 e. The lowest BCUT2D eigenvalue weighted by molar-refractivity contribution is -0.0506. The lowest BCUT2D eigenvalue weighted by Crippen LogP contribution is -2.44. The summed E-state index contributed by atoms with van der Waals surface area (Å²) in [4.78, 5) is 6.67. The maximum Gasteiger partial charge on any atom is 0.138 e. The molecule has 0 aromatic carbocycles. The number of ether oxygens (including phenoxy) is 1. The van der Waals surface area contributed by atoms with E-state index in [-0.39, 0.29) is 6.10 Å². The number of aliphatic hydroxyl groups is 1. The molecular weight excluding hydrogens is 240 g/mol. The van der Waals surface area contributed by atoms with Crippen molar-refractivity contribution in [3.05, 3.63) is 24.0 Å². The first-order valence-corrected chi connectivity index (χ1v) is 7.15. The van der Waals surface area contributed by atoms with E-state index in [1.165, 1.54) is 0 Å². The molecule has 2 bridgehead atoms. The molecule has 0 radical (unpaired) electrons. The molecule has 2 aliphatic heterocycles. The second kappa shape index (κ2) is 4.76. The molecule has 19 heavy (non-hydrogen) atoms. The summed E-state index contributed by atoms with van der Waals surface area (Å²) in [5.74, 6) is 1.08. The third kappa shape index (κ3) is 2.35. The first-order chi connectivity index (χ1) is 9.08. The standard InChI is InChI=1S/C15H22N2O2/c1-11(2)19-14-7-13(8-16-9-14)15(18)4-6-17-5-3-12(15)10-17/h7-9,11-12,18H,3-6,10H2,1-2H3. The molecule has 0 amide bonds. The highest BCUT2D eigenvalue weighted by Gasteiger charge is 2.46. The normalized spacial score (nSPS) is 33.7. The minimum atomic E-state index is -0.726. The van der Waals surface area contributed by atoms with Crippen LogP contribution in [0.2, 0.25) is 0 Å². The van der Waals surface area contributed by atoms with Gasteiger partial charge in [-0.3, -0.25) is 4.98 Å². The Morgan fingerprint density at radius 1 is 1.42 bits per heavy atom. The van der Waals surface area contributed by atoms with Gasteiger partial charge in [-0.2, -0.15) is 0 Å². The molecule has 0 saturated carbocycles. The maximum atomic E-state index is 11.1. The minimum absolute atomic E-state index is 0.125. The second-order valence-corrected chi connectivity index (χ2v) is 6.04. The zero-order chi connectivity index (χ0) is 13.5. The van der Waals surface area contributed by atoms with Gasteiger partial charge in [-0.1, -0.05) is 0 Å². The fourth-order valence-corrected chi connectivity index (χ4v) is 3.33. The number of hydrogen-bond acceptors (Lipinski definition) is 4. The summed E-state index contributed by atoms with van der Waals surface area (Å²) in [6, 6.07) is 1.96. The molecule has 4 heteroatoms. The number of rotatable bonds is 3. The third-order valence-electron chi connectivity index (χ3n) is 4.34. The largest absolute Gasteiger partial charge is 0.489 e. The molecule has 3 atom stereocenters. The van der Waals surface area contributed by atoms with Gasteiger partial charge in [0.25, 0.3) is 0 Å². The van der Waals surface area contributed by atoms with Crippen molar-refractivity contribution in [3.8, 4) is 5.75 Å². The molecule has 0 aliphatic carbocycles. The molecule has 4 nitrogen and oxygen atoms in total. The van der Waals surface area contributed by atoms with Crippen LogP contribution in [0.3, 0.4) is 0 Å². The highest BCUT2D eigenvalue weighted by Crippen LogP contribution is 2.43. The van der Waals surface area contributed by atoms with Gasteiger partial charge >= 0.3 is 0 Å². The summed E-state index contributed by atoms with van der Waals surface area (Å²) in [7, 11) is 0. The van der Waals surface area contributed by atoms with Crippen LogP contribution < -0.4 is 4.74 Å². The summed E-state index contributed by atoms with van der Waals surface area (Å²) in [6.07, 6.45) is 5.51. The van der Waals surface area contributed by atoms with E-state index in [0.29, 0.717) is 5.92 Å². The quantitative estimate of drug-likeness (QED) is 0.902. The van der Waals surface area contributed by atoms with Gasteiger partial charge in [0.15, 0.2) is 0 Å². The van der Waals surface area contributed by atoms with Gasteiger partial charge in [0.1, 0.15) is 5.75 Å². The van der Waals surface area contributed by atoms with Crippen LogP contribution in [-0.4, -0.2) is 40.7 Å². The summed E-state index contributed by atoms with van der Waals surface area (Å²) in [5.41, 5.74) is 0.188. The van der Waals surface area contributed by atoms with Crippen LogP contribution in [0.4, 0.5) is 0 Å². The summed E-state index contributed by atoms with van der Waals surface area (Å²) < 4.78 is 5.69. The van der Waals surface area contributed by atoms with E-state index in [0.717, 1.165) is 43.8 Å². The van der Waals surface area contributed by atoms with Crippen molar-refractivity contribution < 1.29 is 9.84 Å². The summed E-state index contributed by atoms with van der Waals surface area (Å²) in [5, 5.41) is 11.1. The van der Waals surface area contributed by atoms with E-state index in [2.05, 4.69) is 9.88 Å². The van der Waals surface area contributed by atoms with E-state index in [9.17, 15) is 5.11 Å². The van der Waals surface area contributed by atoms with Crippen LogP contribution in [0.1, 0.15) is 32.3 Å². The molecule has 2 fully saturated rings. The predicted octanol–water partition coefficient (Wildman–Crippen LogP) is 1.78. The number of hydrogen-bond donors (Lipinski definition) is 1. The fraction of sp³-hybridized carbons (Fsp3) is 0.667. The van der Waals surface area contributed by atoms with Crippen molar-refractivity contribution in [1.29, 1.82) is 0 Å². The first-order valence-electron chi connectivity index (χ1n) is 7.15. The second-order valence-electron chi connectivity index (χ2n) is 6.04. The van der Waals surface area contributed by atoms with Gasteiger partial charge < -0.3 is 14.7 Å². The van der Waals surface area contributed by atoms with Crippen LogP contribution in [0.15, 0.2) is 18.5 Å². The Hall–Kier alpha value is -1.13. The van der Waals surface area contributed by atoms with Crippen LogP contribution >= 0.6 is 0 Å². The molecule has 1 aromatic rings. The predicted molar refractivity (Wildman–Crippen MR) is 73.1 cm³/mol. The highest BCUT2D eigenvalue weighted by molar-refractivity contribution is 5.30. The molecule has 104 valence electrons. The zero-order valence-electron chi connectivity index (χ0n) is 11.7. The first kappa shape index (κ1) is 12.9. The molecular formula is C15H22N2O2. The van der Waals surface area contributed by atoms with Gasteiger partial charge in [0.2, 0.25) is 0 Å². The van der Waals surface area contributed by atoms with Gasteiger partial charge in [-0.05, 0) is 39.3 Å². The average Bonchev–Trinajstić information content (AvgIpc) is 2.79. The van der Waals surface area contributed by atoms with E-state index >= 15 is 0 Å². The van der Waals surface area contributed by atoms with Crippen molar-refractivity contribution >= 4 is 0 Å². The van der Waals surface area contributed by atoms with Crippen molar-refractivity contribution in [2.45, 2.75) is 38.4 Å². The Morgan fingerprint density at radius 3 is 3.05 bits per heavy atom. The Bertz CT molecular complexity index is 463. The SMILES string of the molecule is CC(C)Oc1cncc(C2(O)CCN3CCC2C3)c1. The Morgan fingerprint density at radius 2 is 2.26 bits per heavy atom. The number of piperidine rings is 1.